The first-order valence-corrected chi connectivity index (χ1v) is 6.75. The lowest BCUT2D eigenvalue weighted by atomic mass is 10.2. The lowest BCUT2D eigenvalue weighted by Gasteiger charge is -2.08. The van der Waals surface area contributed by atoms with Crippen LogP contribution in [0, 0.1) is 0 Å². The van der Waals surface area contributed by atoms with Crippen molar-refractivity contribution in [2.24, 2.45) is 0 Å². The molecular formula is C15H13F3N4O. The van der Waals surface area contributed by atoms with Crippen LogP contribution in [-0.2, 0) is 0 Å². The number of rotatable bonds is 4. The Morgan fingerprint density at radius 2 is 1.87 bits per heavy atom. The molecule has 1 aromatic carbocycles. The Hall–Kier alpha value is -2.77. The zero-order valence-electron chi connectivity index (χ0n) is 12.1. The van der Waals surface area contributed by atoms with Gasteiger partial charge in [-0.1, -0.05) is 0 Å². The van der Waals surface area contributed by atoms with E-state index < -0.39 is 12.7 Å². The minimum atomic E-state index is -4.29. The van der Waals surface area contributed by atoms with E-state index in [1.165, 1.54) is 6.07 Å². The minimum Gasteiger partial charge on any atom is -0.497 e. The molecule has 1 N–H and O–H groups in total. The van der Waals surface area contributed by atoms with Gasteiger partial charge in [-0.3, -0.25) is 4.40 Å². The topological polar surface area (TPSA) is 51.5 Å². The van der Waals surface area contributed by atoms with Gasteiger partial charge in [0.2, 0.25) is 5.78 Å². The largest absolute Gasteiger partial charge is 0.497 e. The number of alkyl halides is 3. The molecule has 0 fully saturated rings. The average Bonchev–Trinajstić information content (AvgIpc) is 2.95. The second-order valence-corrected chi connectivity index (χ2v) is 4.84. The lowest BCUT2D eigenvalue weighted by molar-refractivity contribution is -0.115. The highest BCUT2D eigenvalue weighted by Crippen LogP contribution is 2.22. The number of nitrogens with zero attached hydrogens (tertiary/aromatic N) is 3. The summed E-state index contributed by atoms with van der Waals surface area (Å²) in [7, 11) is 1.58. The van der Waals surface area contributed by atoms with Crippen LogP contribution in [0.3, 0.4) is 0 Å². The molecule has 0 aliphatic carbocycles. The molecule has 3 rings (SSSR count). The maximum atomic E-state index is 12.2. The molecule has 0 spiro atoms. The molecule has 0 saturated heterocycles. The Labute approximate surface area is 129 Å². The molecular weight excluding hydrogens is 309 g/mol. The van der Waals surface area contributed by atoms with E-state index in [-0.39, 0.29) is 5.82 Å². The molecule has 8 heteroatoms. The molecule has 0 amide bonds. The quantitative estimate of drug-likeness (QED) is 0.800. The Morgan fingerprint density at radius 3 is 2.52 bits per heavy atom. The summed E-state index contributed by atoms with van der Waals surface area (Å²) in [4.78, 5) is 8.41. The number of anilines is 1. The fraction of sp³-hybridized carbons (Fsp3) is 0.200. The molecule has 120 valence electrons. The van der Waals surface area contributed by atoms with Crippen LogP contribution in [0.15, 0.2) is 42.7 Å². The van der Waals surface area contributed by atoms with Gasteiger partial charge in [0.15, 0.2) is 0 Å². The zero-order valence-corrected chi connectivity index (χ0v) is 12.1. The van der Waals surface area contributed by atoms with Crippen molar-refractivity contribution in [1.82, 2.24) is 14.4 Å². The summed E-state index contributed by atoms with van der Waals surface area (Å²) < 4.78 is 43.4. The predicted octanol–water partition coefficient (Wildman–Crippen LogP) is 3.38. The van der Waals surface area contributed by atoms with Crippen LogP contribution in [0.5, 0.6) is 5.75 Å². The van der Waals surface area contributed by atoms with E-state index in [9.17, 15) is 13.2 Å². The monoisotopic (exact) mass is 322 g/mol. The van der Waals surface area contributed by atoms with Crippen molar-refractivity contribution >= 4 is 11.6 Å². The summed E-state index contributed by atoms with van der Waals surface area (Å²) in [6, 6.07) is 8.79. The average molecular weight is 322 g/mol. The van der Waals surface area contributed by atoms with Crippen molar-refractivity contribution in [1.29, 1.82) is 0 Å². The highest BCUT2D eigenvalue weighted by molar-refractivity contribution is 5.62. The molecule has 0 bridgehead atoms. The van der Waals surface area contributed by atoms with Crippen molar-refractivity contribution in [3.8, 4) is 17.0 Å². The van der Waals surface area contributed by atoms with Gasteiger partial charge in [-0.05, 0) is 30.3 Å². The predicted molar refractivity (Wildman–Crippen MR) is 79.5 cm³/mol. The fourth-order valence-electron chi connectivity index (χ4n) is 2.06. The minimum absolute atomic E-state index is 0.127. The van der Waals surface area contributed by atoms with Crippen LogP contribution in [0.1, 0.15) is 0 Å². The van der Waals surface area contributed by atoms with E-state index in [4.69, 9.17) is 4.74 Å². The van der Waals surface area contributed by atoms with Gasteiger partial charge in [-0.2, -0.15) is 18.2 Å². The van der Waals surface area contributed by atoms with Crippen molar-refractivity contribution in [3.63, 3.8) is 0 Å². The molecule has 0 atom stereocenters. The fourth-order valence-corrected chi connectivity index (χ4v) is 2.06. The van der Waals surface area contributed by atoms with E-state index in [1.54, 1.807) is 23.9 Å². The van der Waals surface area contributed by atoms with Crippen LogP contribution in [-0.4, -0.2) is 34.2 Å². The molecule has 0 unspecified atom stereocenters. The number of hydrogen-bond donors (Lipinski definition) is 1. The van der Waals surface area contributed by atoms with Crippen molar-refractivity contribution in [3.05, 3.63) is 42.7 Å². The number of halogens is 3. The maximum absolute atomic E-state index is 12.2. The standard InChI is InChI=1S/C15H13F3N4O/c1-23-11-4-2-10(3-5-11)12-8-22-7-6-13(21-14(22)20-12)19-9-15(16,17)18/h2-8H,9H2,1H3,(H,19,20,21). The molecule has 3 aromatic rings. The third kappa shape index (κ3) is 3.53. The van der Waals surface area contributed by atoms with Crippen LogP contribution in [0.4, 0.5) is 19.0 Å². The molecule has 2 aromatic heterocycles. The summed E-state index contributed by atoms with van der Waals surface area (Å²) in [5.74, 6) is 1.18. The van der Waals surface area contributed by atoms with Crippen molar-refractivity contribution < 1.29 is 17.9 Å². The number of benzene rings is 1. The van der Waals surface area contributed by atoms with E-state index in [0.717, 1.165) is 11.3 Å². The van der Waals surface area contributed by atoms with Gasteiger partial charge in [0, 0.05) is 18.0 Å². The first-order chi connectivity index (χ1) is 10.9. The third-order valence-corrected chi connectivity index (χ3v) is 3.18. The summed E-state index contributed by atoms with van der Waals surface area (Å²) >= 11 is 0. The highest BCUT2D eigenvalue weighted by atomic mass is 19.4. The Morgan fingerprint density at radius 1 is 1.13 bits per heavy atom. The summed E-state index contributed by atoms with van der Waals surface area (Å²) in [5, 5.41) is 2.23. The third-order valence-electron chi connectivity index (χ3n) is 3.18. The number of nitrogens with one attached hydrogen (secondary N) is 1. The number of methoxy groups -OCH3 is 1. The van der Waals surface area contributed by atoms with E-state index in [1.807, 2.05) is 24.3 Å². The molecule has 23 heavy (non-hydrogen) atoms. The molecule has 5 nitrogen and oxygen atoms in total. The number of aromatic nitrogens is 3. The van der Waals surface area contributed by atoms with Gasteiger partial charge in [0.05, 0.1) is 12.8 Å². The lowest BCUT2D eigenvalue weighted by Crippen LogP contribution is -2.21. The first-order valence-electron chi connectivity index (χ1n) is 6.75. The van der Waals surface area contributed by atoms with Crippen LogP contribution < -0.4 is 10.1 Å². The molecule has 0 radical (unpaired) electrons. The summed E-state index contributed by atoms with van der Waals surface area (Å²) in [6.07, 6.45) is -0.920. The van der Waals surface area contributed by atoms with Gasteiger partial charge in [0.25, 0.3) is 0 Å². The molecule has 0 aliphatic heterocycles. The molecule has 0 aliphatic rings. The second kappa shape index (κ2) is 5.79. The van der Waals surface area contributed by atoms with E-state index >= 15 is 0 Å². The smallest absolute Gasteiger partial charge is 0.405 e. The Kier molecular flexibility index (Phi) is 3.81. The highest BCUT2D eigenvalue weighted by Gasteiger charge is 2.26. The van der Waals surface area contributed by atoms with Crippen molar-refractivity contribution in [2.45, 2.75) is 6.18 Å². The Bertz CT molecular complexity index is 812. The Balaban J connectivity index is 1.86. The maximum Gasteiger partial charge on any atom is 0.405 e. The molecule has 0 saturated carbocycles. The summed E-state index contributed by atoms with van der Waals surface area (Å²) in [6.45, 7) is -1.14. The van der Waals surface area contributed by atoms with Crippen LogP contribution >= 0.6 is 0 Å². The molecule has 2 heterocycles. The number of imidazole rings is 1. The van der Waals surface area contributed by atoms with Gasteiger partial charge < -0.3 is 10.1 Å². The number of hydrogen-bond acceptors (Lipinski definition) is 4. The van der Waals surface area contributed by atoms with Crippen LogP contribution in [0.2, 0.25) is 0 Å². The SMILES string of the molecule is COc1ccc(-c2cn3ccc(NCC(F)(F)F)nc3n2)cc1. The zero-order chi connectivity index (χ0) is 16.4. The van der Waals surface area contributed by atoms with E-state index in [2.05, 4.69) is 15.3 Å². The van der Waals surface area contributed by atoms with Gasteiger partial charge in [-0.15, -0.1) is 0 Å². The van der Waals surface area contributed by atoms with Gasteiger partial charge in [0.1, 0.15) is 18.1 Å². The van der Waals surface area contributed by atoms with Gasteiger partial charge >= 0.3 is 6.18 Å². The van der Waals surface area contributed by atoms with Crippen molar-refractivity contribution in [2.75, 3.05) is 19.0 Å². The number of fused-ring (bicyclic) bond motifs is 1. The van der Waals surface area contributed by atoms with Crippen LogP contribution in [0.25, 0.3) is 17.0 Å². The first kappa shape index (κ1) is 15.1. The normalized spacial score (nSPS) is 11.7. The van der Waals surface area contributed by atoms with E-state index in [0.29, 0.717) is 11.5 Å². The summed E-state index contributed by atoms with van der Waals surface area (Å²) in [5.41, 5.74) is 1.54. The second-order valence-electron chi connectivity index (χ2n) is 4.84. The number of ether oxygens (including phenoxy) is 1. The van der Waals surface area contributed by atoms with Gasteiger partial charge in [-0.25, -0.2) is 4.98 Å².